The van der Waals surface area contributed by atoms with Crippen molar-refractivity contribution in [2.75, 3.05) is 87.6 Å². The van der Waals surface area contributed by atoms with Gasteiger partial charge in [-0.3, -0.25) is 38.5 Å². The number of primary amides is 2. The van der Waals surface area contributed by atoms with Crippen LogP contribution in [0.4, 0.5) is 36.2 Å². The minimum Gasteiger partial charge on any atom is -0.512 e. The van der Waals surface area contributed by atoms with Gasteiger partial charge in [-0.2, -0.15) is 0 Å². The molecule has 8 rings (SSSR count). The lowest BCUT2D eigenvalue weighted by Gasteiger charge is -2.26. The number of imide groups is 1. The number of anilines is 3. The number of ether oxygens (including phenoxy) is 4. The molecule has 5 aromatic rings. The number of nitrogens with zero attached hydrogens (tertiary/aromatic N) is 6. The highest BCUT2D eigenvalue weighted by atomic mass is 35.5. The fourth-order valence-corrected chi connectivity index (χ4v) is 11.0. The number of carbonyl (C=O) groups excluding carboxylic acids is 11. The second-order valence-electron chi connectivity index (χ2n) is 23.0. The van der Waals surface area contributed by atoms with E-state index in [2.05, 4.69) is 31.6 Å². The molecule has 0 saturated heterocycles. The molecule has 2 aliphatic heterocycles. The predicted octanol–water partition coefficient (Wildman–Crippen LogP) is 5.78. The maximum Gasteiger partial charge on any atom is 0.415 e. The minimum absolute atomic E-state index is 0.00661. The van der Waals surface area contributed by atoms with E-state index in [0.717, 1.165) is 33.6 Å². The van der Waals surface area contributed by atoms with E-state index in [1.807, 2.05) is 19.1 Å². The third-order valence-corrected chi connectivity index (χ3v) is 16.2. The Morgan fingerprint density at radius 2 is 1.57 bits per heavy atom. The largest absolute Gasteiger partial charge is 0.512 e. The smallest absolute Gasteiger partial charge is 0.415 e. The summed E-state index contributed by atoms with van der Waals surface area (Å²) in [6.07, 6.45) is 7.16. The average molecular weight is 1330 g/mol. The zero-order chi connectivity index (χ0) is 68.5. The summed E-state index contributed by atoms with van der Waals surface area (Å²) in [6.45, 7) is 4.94. The molecule has 12 amide bonds. The number of halogens is 1. The second kappa shape index (κ2) is 32.8. The van der Waals surface area contributed by atoms with Crippen LogP contribution < -0.4 is 47.7 Å². The molecular formula is C65H76ClN13O16. The summed E-state index contributed by atoms with van der Waals surface area (Å²) in [7, 11) is 1.47. The van der Waals surface area contributed by atoms with Crippen LogP contribution in [0, 0.1) is 12.8 Å². The highest BCUT2D eigenvalue weighted by molar-refractivity contribution is 6.19. The molecule has 1 aliphatic carbocycles. The number of hydrogen-bond donors (Lipinski definition) is 8. The van der Waals surface area contributed by atoms with E-state index in [-0.39, 0.29) is 126 Å². The number of alkyl carbamates (subject to hydrolysis) is 1. The number of pyridine rings is 1. The summed E-state index contributed by atoms with van der Waals surface area (Å²) < 4.78 is 24.0. The summed E-state index contributed by atoms with van der Waals surface area (Å²) in [5.41, 5.74) is 15.1. The lowest BCUT2D eigenvalue weighted by Crippen LogP contribution is -2.54. The number of amides is 12. The number of nitrogens with one attached hydrogen (secondary N) is 5. The fraction of sp³-hybridized carbons (Fsp3) is 0.385. The summed E-state index contributed by atoms with van der Waals surface area (Å²) >= 11 is 6.64. The number of imidazole rings is 1. The van der Waals surface area contributed by atoms with Gasteiger partial charge < -0.3 is 81.2 Å². The van der Waals surface area contributed by atoms with Crippen molar-refractivity contribution in [2.45, 2.75) is 83.9 Å². The van der Waals surface area contributed by atoms with Crippen molar-refractivity contribution in [3.05, 3.63) is 131 Å². The van der Waals surface area contributed by atoms with Crippen LogP contribution in [-0.4, -0.2) is 179 Å². The Labute approximate surface area is 551 Å². The van der Waals surface area contributed by atoms with Crippen molar-refractivity contribution in [1.82, 2.24) is 40.0 Å². The summed E-state index contributed by atoms with van der Waals surface area (Å²) in [5.74, 6) is -3.93. The number of carbonyl (C=O) groups is 11. The van der Waals surface area contributed by atoms with Gasteiger partial charge >= 0.3 is 24.3 Å². The Bertz CT molecular complexity index is 3830. The average Bonchev–Trinajstić information content (AvgIpc) is 1.63. The van der Waals surface area contributed by atoms with Gasteiger partial charge in [0.15, 0.2) is 0 Å². The third kappa shape index (κ3) is 18.8. The molecular weight excluding hydrogens is 1250 g/mol. The van der Waals surface area contributed by atoms with Gasteiger partial charge in [0.05, 0.1) is 36.9 Å². The van der Waals surface area contributed by atoms with Crippen LogP contribution in [0.2, 0.25) is 0 Å². The highest BCUT2D eigenvalue weighted by Crippen LogP contribution is 2.47. The molecule has 29 nitrogen and oxygen atoms in total. The fourth-order valence-electron chi connectivity index (χ4n) is 10.7. The van der Waals surface area contributed by atoms with Gasteiger partial charge in [-0.05, 0) is 90.9 Å². The Balaban J connectivity index is 0.868. The van der Waals surface area contributed by atoms with Crippen molar-refractivity contribution < 1.29 is 76.8 Å². The van der Waals surface area contributed by atoms with Crippen LogP contribution in [-0.2, 0) is 49.6 Å². The van der Waals surface area contributed by atoms with Gasteiger partial charge in [0.1, 0.15) is 42.4 Å². The number of aryl methyl sites for hydroxylation is 1. The van der Waals surface area contributed by atoms with Crippen molar-refractivity contribution in [3.8, 4) is 5.75 Å². The van der Waals surface area contributed by atoms with E-state index in [9.17, 15) is 57.8 Å². The Morgan fingerprint density at radius 1 is 0.821 bits per heavy atom. The lowest BCUT2D eigenvalue weighted by molar-refractivity contribution is -0.137. The first-order valence-electron chi connectivity index (χ1n) is 30.7. The van der Waals surface area contributed by atoms with Gasteiger partial charge in [0.25, 0.3) is 23.6 Å². The summed E-state index contributed by atoms with van der Waals surface area (Å²) in [6, 6.07) is 13.7. The number of aromatic nitrogens is 2. The predicted molar refractivity (Wildman–Crippen MR) is 348 cm³/mol. The van der Waals surface area contributed by atoms with Gasteiger partial charge in [0.2, 0.25) is 17.7 Å². The number of nitrogens with two attached hydrogens (primary N) is 2. The van der Waals surface area contributed by atoms with Crippen LogP contribution >= 0.6 is 11.6 Å². The maximum atomic E-state index is 14.6. The first-order valence-corrected chi connectivity index (χ1v) is 31.3. The number of urea groups is 1. The molecule has 0 unspecified atom stereocenters. The van der Waals surface area contributed by atoms with Gasteiger partial charge in [-0.25, -0.2) is 24.2 Å². The topological polar surface area (TPSA) is 387 Å². The Kier molecular flexibility index (Phi) is 24.3. The zero-order valence-corrected chi connectivity index (χ0v) is 53.6. The number of rotatable bonds is 30. The van der Waals surface area contributed by atoms with Gasteiger partial charge in [-0.1, -0.05) is 50.3 Å². The van der Waals surface area contributed by atoms with E-state index >= 15 is 0 Å². The van der Waals surface area contributed by atoms with E-state index in [0.29, 0.717) is 52.1 Å². The number of alkyl halides is 1. The molecule has 3 atom stereocenters. The van der Waals surface area contributed by atoms with E-state index in [1.165, 1.54) is 22.9 Å². The lowest BCUT2D eigenvalue weighted by atomic mass is 9.92. The van der Waals surface area contributed by atoms with Crippen LogP contribution in [0.3, 0.4) is 0 Å². The molecule has 504 valence electrons. The summed E-state index contributed by atoms with van der Waals surface area (Å²) in [4.78, 5) is 152. The molecule has 0 fully saturated rings. The summed E-state index contributed by atoms with van der Waals surface area (Å²) in [5, 5.41) is 24.3. The number of benzene rings is 3. The molecule has 0 spiro atoms. The van der Waals surface area contributed by atoms with E-state index < -0.39 is 77.8 Å². The number of likely N-dealkylation sites (N-methyl/N-ethyl adjacent to an activating group) is 1. The number of fused-ring (bicyclic) bond motifs is 4. The molecule has 95 heavy (non-hydrogen) atoms. The molecule has 0 bridgehead atoms. The number of hydrogen-bond acceptors (Lipinski definition) is 17. The standard InChI is InChI=1S/C65H76ClN13O16/c1-38(2)57(74-63(89)93-31-30-92-29-28-78-53(82)22-23-54(78)83)60(86)73-47(10-6-24-69-62(68)88)59(85)70-43-16-12-40(13-17-43)37-94-64(90)75(4)26-27-76(25-7-11-51(67)81)65(91)95-50-32-49-56(55-39(3)8-5-9-46(50)55)42(33-66)34-79(49)61(87)48-36-77-35-44(18-21-52(77)72-48)71-58(84)41-14-19-45(80)20-15-41/h5,8-9,12-14,16-19,21-23,32,35-36,38,42,47,57,80H,6-7,10-11,15,20,24-31,33-34,37H2,1-4H3,(H2,67,81)(H,70,85)(H,71,84)(H,73,86)(H,74,89)(H3,68,69,88)/t42-,47+,57+/m1/s1. The van der Waals surface area contributed by atoms with Crippen LogP contribution in [0.25, 0.3) is 16.4 Å². The number of aliphatic hydroxyl groups is 1. The van der Waals surface area contributed by atoms with Gasteiger partial charge in [-0.15, -0.1) is 11.6 Å². The van der Waals surface area contributed by atoms with Gasteiger partial charge in [0, 0.05) is 112 Å². The monoisotopic (exact) mass is 1330 g/mol. The molecule has 0 radical (unpaired) electrons. The molecule has 30 heteroatoms. The van der Waals surface area contributed by atoms with Crippen molar-refractivity contribution in [3.63, 3.8) is 0 Å². The van der Waals surface area contributed by atoms with E-state index in [4.69, 9.17) is 42.0 Å². The molecule has 0 saturated carbocycles. The van der Waals surface area contributed by atoms with Crippen LogP contribution in [0.15, 0.2) is 109 Å². The van der Waals surface area contributed by atoms with E-state index in [1.54, 1.807) is 90.1 Å². The normalized spacial score (nSPS) is 14.7. The zero-order valence-electron chi connectivity index (χ0n) is 52.9. The molecule has 2 aromatic heterocycles. The molecule has 10 N–H and O–H groups in total. The molecule has 4 heterocycles. The SMILES string of the molecule is Cc1cccc2c(OC(=O)N(CCCC(N)=O)CCN(C)C(=O)OCc3ccc(NC(=O)[C@H](CCCNC(N)=O)NC(=O)[C@@H](NC(=O)OCCOCCN4C(=O)C=CC4=O)C(C)C)cc3)cc3c(c12)[C@H](CCl)CN3C(=O)c1cn2cc(NC(=O)C3=CC=C(O)CC3)ccc2n1. The molecule has 3 aromatic carbocycles. The first-order chi connectivity index (χ1) is 45.5. The Hall–Kier alpha value is -10.6. The Morgan fingerprint density at radius 3 is 2.26 bits per heavy atom. The minimum atomic E-state index is -1.17. The second-order valence-corrected chi connectivity index (χ2v) is 23.4. The third-order valence-electron chi connectivity index (χ3n) is 15.8. The van der Waals surface area contributed by atoms with Crippen LogP contribution in [0.1, 0.15) is 85.5 Å². The number of aliphatic hydroxyl groups excluding tert-OH is 1. The first kappa shape index (κ1) is 70.3. The van der Waals surface area contributed by atoms with Crippen molar-refractivity contribution >= 4 is 111 Å². The van der Waals surface area contributed by atoms with Crippen LogP contribution in [0.5, 0.6) is 5.75 Å². The highest BCUT2D eigenvalue weighted by Gasteiger charge is 2.38. The van der Waals surface area contributed by atoms with Crippen molar-refractivity contribution in [1.29, 1.82) is 0 Å². The van der Waals surface area contributed by atoms with Crippen molar-refractivity contribution in [2.24, 2.45) is 17.4 Å². The quantitative estimate of drug-likeness (QED) is 0.0153. The number of allylic oxidation sites excluding steroid dienone is 3. The molecule has 3 aliphatic rings. The maximum absolute atomic E-state index is 14.6.